The first kappa shape index (κ1) is 21.6. The molecule has 0 aliphatic heterocycles. The summed E-state index contributed by atoms with van der Waals surface area (Å²) in [4.78, 5) is 40.5. The molecule has 32 heavy (non-hydrogen) atoms. The van der Waals surface area contributed by atoms with E-state index in [9.17, 15) is 14.4 Å². The number of rotatable bonds is 5. The highest BCUT2D eigenvalue weighted by Crippen LogP contribution is 2.33. The van der Waals surface area contributed by atoms with E-state index < -0.39 is 11.5 Å². The second-order valence-corrected chi connectivity index (χ2v) is 9.15. The molecule has 1 aromatic heterocycles. The Hall–Kier alpha value is -3.67. The van der Waals surface area contributed by atoms with Crippen molar-refractivity contribution in [1.29, 1.82) is 0 Å². The molecular weight excluding hydrogens is 402 g/mol. The van der Waals surface area contributed by atoms with Crippen LogP contribution in [0.15, 0.2) is 65.5 Å². The molecule has 0 radical (unpaired) electrons. The number of ketones is 1. The van der Waals surface area contributed by atoms with Crippen LogP contribution < -0.4 is 16.2 Å². The standard InChI is InChI=1S/C26H27N3O3/c1-16(17-7-5-4-6-8-17)27-18-9-11-19(12-10-18)28-24(31)21-13-20-22(29-25(21)32)14-26(2,3)15-23(20)30/h4-13,16,27H,14-15H2,1-3H3,(H,28,31)(H,29,32). The van der Waals surface area contributed by atoms with Gasteiger partial charge >= 0.3 is 0 Å². The number of H-pyrrole nitrogens is 1. The molecule has 0 fully saturated rings. The lowest BCUT2D eigenvalue weighted by Crippen LogP contribution is -2.32. The minimum atomic E-state index is -0.537. The first-order chi connectivity index (χ1) is 15.2. The highest BCUT2D eigenvalue weighted by Gasteiger charge is 2.32. The maximum Gasteiger partial charge on any atom is 0.261 e. The maximum absolute atomic E-state index is 12.7. The van der Waals surface area contributed by atoms with Gasteiger partial charge in [-0.3, -0.25) is 14.4 Å². The fourth-order valence-corrected chi connectivity index (χ4v) is 4.12. The van der Waals surface area contributed by atoms with Crippen LogP contribution in [0.4, 0.5) is 11.4 Å². The topological polar surface area (TPSA) is 91.1 Å². The first-order valence-electron chi connectivity index (χ1n) is 10.7. The summed E-state index contributed by atoms with van der Waals surface area (Å²) >= 11 is 0. The highest BCUT2D eigenvalue weighted by molar-refractivity contribution is 6.06. The summed E-state index contributed by atoms with van der Waals surface area (Å²) in [6, 6.07) is 19.0. The van der Waals surface area contributed by atoms with Crippen LogP contribution in [0.5, 0.6) is 0 Å². The van der Waals surface area contributed by atoms with E-state index in [1.807, 2.05) is 44.2 Å². The summed E-state index contributed by atoms with van der Waals surface area (Å²) in [5.74, 6) is -0.588. The Bertz CT molecular complexity index is 1210. The molecule has 0 bridgehead atoms. The third kappa shape index (κ3) is 4.64. The summed E-state index contributed by atoms with van der Waals surface area (Å²) < 4.78 is 0. The number of pyridine rings is 1. The normalized spacial score (nSPS) is 15.5. The first-order valence-corrected chi connectivity index (χ1v) is 10.7. The number of aromatic nitrogens is 1. The van der Waals surface area contributed by atoms with Gasteiger partial charge in [0.25, 0.3) is 11.5 Å². The van der Waals surface area contributed by atoms with Crippen molar-refractivity contribution in [3.63, 3.8) is 0 Å². The molecule has 0 saturated heterocycles. The van der Waals surface area contributed by atoms with Gasteiger partial charge < -0.3 is 15.6 Å². The van der Waals surface area contributed by atoms with Crippen LogP contribution in [-0.4, -0.2) is 16.7 Å². The minimum Gasteiger partial charge on any atom is -0.379 e. The molecule has 2 aromatic carbocycles. The van der Waals surface area contributed by atoms with Gasteiger partial charge in [-0.15, -0.1) is 0 Å². The number of fused-ring (bicyclic) bond motifs is 1. The monoisotopic (exact) mass is 429 g/mol. The molecule has 164 valence electrons. The SMILES string of the molecule is CC(Nc1ccc(NC(=O)c2cc3c([nH]c2=O)CC(C)(C)CC3=O)cc1)c1ccccc1. The van der Waals surface area contributed by atoms with Gasteiger partial charge in [-0.05, 0) is 54.7 Å². The Balaban J connectivity index is 1.47. The van der Waals surface area contributed by atoms with Gasteiger partial charge in [0.15, 0.2) is 5.78 Å². The van der Waals surface area contributed by atoms with E-state index in [2.05, 4.69) is 34.7 Å². The third-order valence-electron chi connectivity index (χ3n) is 5.79. The van der Waals surface area contributed by atoms with Crippen LogP contribution in [0.1, 0.15) is 65.2 Å². The lowest BCUT2D eigenvalue weighted by Gasteiger charge is -2.29. The molecule has 4 rings (SSSR count). The average molecular weight is 430 g/mol. The summed E-state index contributed by atoms with van der Waals surface area (Å²) in [7, 11) is 0. The molecule has 6 nitrogen and oxygen atoms in total. The van der Waals surface area contributed by atoms with Crippen molar-refractivity contribution in [2.45, 2.75) is 39.7 Å². The van der Waals surface area contributed by atoms with Gasteiger partial charge in [0, 0.05) is 35.1 Å². The summed E-state index contributed by atoms with van der Waals surface area (Å²) in [5.41, 5.74) is 2.95. The zero-order valence-electron chi connectivity index (χ0n) is 18.5. The zero-order valence-corrected chi connectivity index (χ0v) is 18.5. The van der Waals surface area contributed by atoms with Crippen LogP contribution >= 0.6 is 0 Å². The Labute approximate surface area is 187 Å². The lowest BCUT2D eigenvalue weighted by molar-refractivity contribution is 0.0910. The minimum absolute atomic E-state index is 0.0514. The van der Waals surface area contributed by atoms with E-state index in [4.69, 9.17) is 0 Å². The van der Waals surface area contributed by atoms with Gasteiger partial charge in [0.1, 0.15) is 5.56 Å². The maximum atomic E-state index is 12.7. The number of carbonyl (C=O) groups is 2. The van der Waals surface area contributed by atoms with Crippen molar-refractivity contribution in [2.24, 2.45) is 5.41 Å². The summed E-state index contributed by atoms with van der Waals surface area (Å²) in [6.07, 6.45) is 0.990. The average Bonchev–Trinajstić information content (AvgIpc) is 2.74. The quantitative estimate of drug-likeness (QED) is 0.535. The van der Waals surface area contributed by atoms with E-state index in [-0.39, 0.29) is 22.8 Å². The van der Waals surface area contributed by atoms with E-state index >= 15 is 0 Å². The number of amides is 1. The fourth-order valence-electron chi connectivity index (χ4n) is 4.12. The molecule has 3 N–H and O–H groups in total. The van der Waals surface area contributed by atoms with Crippen LogP contribution in [0, 0.1) is 5.41 Å². The molecule has 1 unspecified atom stereocenters. The van der Waals surface area contributed by atoms with Crippen molar-refractivity contribution in [3.8, 4) is 0 Å². The van der Waals surface area contributed by atoms with Crippen LogP contribution in [0.25, 0.3) is 0 Å². The van der Waals surface area contributed by atoms with Crippen molar-refractivity contribution in [2.75, 3.05) is 10.6 Å². The molecule has 6 heteroatoms. The second kappa shape index (κ2) is 8.46. The largest absolute Gasteiger partial charge is 0.379 e. The van der Waals surface area contributed by atoms with E-state index in [0.29, 0.717) is 29.8 Å². The van der Waals surface area contributed by atoms with Crippen molar-refractivity contribution in [1.82, 2.24) is 4.98 Å². The van der Waals surface area contributed by atoms with Crippen molar-refractivity contribution < 1.29 is 9.59 Å². The number of hydrogen-bond donors (Lipinski definition) is 3. The number of benzene rings is 2. The Morgan fingerprint density at radius 2 is 1.62 bits per heavy atom. The van der Waals surface area contributed by atoms with E-state index in [1.165, 1.54) is 11.6 Å². The summed E-state index contributed by atoms with van der Waals surface area (Å²) in [6.45, 7) is 6.06. The van der Waals surface area contributed by atoms with Crippen LogP contribution in [0.3, 0.4) is 0 Å². The van der Waals surface area contributed by atoms with Gasteiger partial charge in [-0.2, -0.15) is 0 Å². The number of hydrogen-bond acceptors (Lipinski definition) is 4. The summed E-state index contributed by atoms with van der Waals surface area (Å²) in [5, 5.41) is 6.17. The van der Waals surface area contributed by atoms with Gasteiger partial charge in [-0.1, -0.05) is 44.2 Å². The fraction of sp³-hybridized carbons (Fsp3) is 0.269. The molecule has 1 heterocycles. The van der Waals surface area contributed by atoms with E-state index in [1.54, 1.807) is 12.1 Å². The van der Waals surface area contributed by atoms with Crippen molar-refractivity contribution in [3.05, 3.63) is 93.4 Å². The number of aromatic amines is 1. The predicted octanol–water partition coefficient (Wildman–Crippen LogP) is 4.96. The molecule has 0 spiro atoms. The highest BCUT2D eigenvalue weighted by atomic mass is 16.2. The molecule has 3 aromatic rings. The second-order valence-electron chi connectivity index (χ2n) is 9.15. The molecule has 1 aliphatic rings. The predicted molar refractivity (Wildman–Crippen MR) is 126 cm³/mol. The number of carbonyl (C=O) groups excluding carboxylic acids is 2. The Morgan fingerprint density at radius 3 is 2.31 bits per heavy atom. The molecule has 1 aliphatic carbocycles. The lowest BCUT2D eigenvalue weighted by atomic mass is 9.75. The Morgan fingerprint density at radius 1 is 0.969 bits per heavy atom. The molecule has 1 amide bonds. The number of nitrogens with one attached hydrogen (secondary N) is 3. The molecule has 1 atom stereocenters. The Kier molecular flexibility index (Phi) is 5.70. The smallest absolute Gasteiger partial charge is 0.261 e. The van der Waals surface area contributed by atoms with Gasteiger partial charge in [-0.25, -0.2) is 0 Å². The van der Waals surface area contributed by atoms with Crippen LogP contribution in [-0.2, 0) is 6.42 Å². The zero-order chi connectivity index (χ0) is 22.9. The number of anilines is 2. The molecule has 0 saturated carbocycles. The number of Topliss-reactive ketones (excluding diaryl/α,β-unsaturated/α-hetero) is 1. The van der Waals surface area contributed by atoms with Gasteiger partial charge in [0.2, 0.25) is 0 Å². The van der Waals surface area contributed by atoms with Crippen molar-refractivity contribution >= 4 is 23.1 Å². The van der Waals surface area contributed by atoms with Crippen LogP contribution in [0.2, 0.25) is 0 Å². The van der Waals surface area contributed by atoms with E-state index in [0.717, 1.165) is 5.69 Å². The third-order valence-corrected chi connectivity index (χ3v) is 5.79. The van der Waals surface area contributed by atoms with Gasteiger partial charge in [0.05, 0.1) is 0 Å². The molecular formula is C26H27N3O3.